The number of fused-ring (bicyclic) bond motifs is 1. The van der Waals surface area contributed by atoms with Gasteiger partial charge in [0.05, 0.1) is 5.56 Å². The van der Waals surface area contributed by atoms with Gasteiger partial charge >= 0.3 is 0 Å². The molecule has 8 heteroatoms. The summed E-state index contributed by atoms with van der Waals surface area (Å²) in [7, 11) is 2.10. The van der Waals surface area contributed by atoms with Crippen LogP contribution in [0, 0.1) is 5.92 Å². The van der Waals surface area contributed by atoms with Gasteiger partial charge in [0.1, 0.15) is 0 Å². The molecule has 1 amide bonds. The van der Waals surface area contributed by atoms with E-state index in [2.05, 4.69) is 67.7 Å². The number of nitrogens with two attached hydrogens (primary N) is 1. The highest BCUT2D eigenvalue weighted by molar-refractivity contribution is 5.93. The number of amides is 1. The molecular formula is C21H27N7O. The zero-order valence-corrected chi connectivity index (χ0v) is 16.6. The minimum Gasteiger partial charge on any atom is -0.350 e. The average Bonchev–Trinajstić information content (AvgIpc) is 3.10. The molecule has 3 heterocycles. The van der Waals surface area contributed by atoms with Crippen LogP contribution >= 0.6 is 0 Å². The molecule has 0 bridgehead atoms. The zero-order valence-electron chi connectivity index (χ0n) is 16.6. The van der Waals surface area contributed by atoms with Gasteiger partial charge in [-0.25, -0.2) is 15.8 Å². The van der Waals surface area contributed by atoms with Gasteiger partial charge in [-0.1, -0.05) is 18.2 Å². The predicted octanol–water partition coefficient (Wildman–Crippen LogP) is 1.58. The first-order valence-electron chi connectivity index (χ1n) is 9.97. The molecule has 4 N–H and O–H groups in total. The monoisotopic (exact) mass is 393 g/mol. The third-order valence-corrected chi connectivity index (χ3v) is 5.66. The third-order valence-electron chi connectivity index (χ3n) is 5.66. The number of carbonyl (C=O) groups excluding carboxylic acids is 1. The van der Waals surface area contributed by atoms with Crippen molar-refractivity contribution in [1.82, 2.24) is 25.3 Å². The summed E-state index contributed by atoms with van der Waals surface area (Å²) in [6, 6.07) is 8.52. The maximum atomic E-state index is 11.5. The molecule has 1 aromatic carbocycles. The van der Waals surface area contributed by atoms with Gasteiger partial charge in [0, 0.05) is 56.2 Å². The van der Waals surface area contributed by atoms with Crippen molar-refractivity contribution >= 4 is 22.8 Å². The smallest absolute Gasteiger partial charge is 0.268 e. The van der Waals surface area contributed by atoms with E-state index < -0.39 is 0 Å². The van der Waals surface area contributed by atoms with Gasteiger partial charge in [0.15, 0.2) is 0 Å². The summed E-state index contributed by atoms with van der Waals surface area (Å²) in [5.41, 5.74) is 5.07. The van der Waals surface area contributed by atoms with Crippen LogP contribution in [-0.4, -0.2) is 40.1 Å². The van der Waals surface area contributed by atoms with E-state index in [1.165, 1.54) is 28.9 Å². The molecule has 1 aliphatic rings. The number of aryl methyl sites for hydroxylation is 1. The Bertz CT molecular complexity index is 974. The van der Waals surface area contributed by atoms with Crippen LogP contribution in [0.1, 0.15) is 28.8 Å². The fraction of sp³-hybridized carbons (Fsp3) is 0.381. The molecular weight excluding hydrogens is 366 g/mol. The van der Waals surface area contributed by atoms with Crippen LogP contribution in [0.5, 0.6) is 0 Å². The summed E-state index contributed by atoms with van der Waals surface area (Å²) < 4.78 is 2.19. The zero-order chi connectivity index (χ0) is 20.2. The second kappa shape index (κ2) is 8.59. The first kappa shape index (κ1) is 19.4. The highest BCUT2D eigenvalue weighted by Crippen LogP contribution is 2.22. The Kier molecular flexibility index (Phi) is 5.73. The molecule has 0 unspecified atom stereocenters. The number of hydrogen-bond acceptors (Lipinski definition) is 6. The van der Waals surface area contributed by atoms with Gasteiger partial charge in [0.25, 0.3) is 5.91 Å². The molecule has 1 saturated heterocycles. The highest BCUT2D eigenvalue weighted by Gasteiger charge is 2.21. The number of nitrogens with one attached hydrogen (secondary N) is 2. The maximum absolute atomic E-state index is 11.5. The van der Waals surface area contributed by atoms with Crippen molar-refractivity contribution in [1.29, 1.82) is 0 Å². The standard InChI is InChI=1S/C21H27N7O/c1-27-14-17(18-4-2-3-5-19(18)27)11-23-10-15-6-8-28(9-7-15)21-24-12-16(13-25-21)20(29)26-22/h2-5,12-15,23H,6-11,22H2,1H3,(H,26,29). The number of para-hydroxylation sites is 1. The van der Waals surface area contributed by atoms with Crippen molar-refractivity contribution in [2.24, 2.45) is 18.8 Å². The SMILES string of the molecule is Cn1cc(CNCC2CCN(c3ncc(C(=O)NN)cn3)CC2)c2ccccc21. The first-order chi connectivity index (χ1) is 14.2. The normalized spacial score (nSPS) is 15.0. The summed E-state index contributed by atoms with van der Waals surface area (Å²) in [6.07, 6.45) is 7.44. The summed E-state index contributed by atoms with van der Waals surface area (Å²) in [6.45, 7) is 3.73. The van der Waals surface area contributed by atoms with E-state index in [9.17, 15) is 4.79 Å². The molecule has 4 rings (SSSR count). The van der Waals surface area contributed by atoms with Crippen molar-refractivity contribution in [2.75, 3.05) is 24.5 Å². The predicted molar refractivity (Wildman–Crippen MR) is 113 cm³/mol. The van der Waals surface area contributed by atoms with Crippen molar-refractivity contribution in [3.05, 3.63) is 54.0 Å². The van der Waals surface area contributed by atoms with Crippen LogP contribution in [0.15, 0.2) is 42.9 Å². The van der Waals surface area contributed by atoms with Gasteiger partial charge in [-0.3, -0.25) is 10.2 Å². The number of anilines is 1. The van der Waals surface area contributed by atoms with Crippen LogP contribution in [0.4, 0.5) is 5.95 Å². The molecule has 0 spiro atoms. The van der Waals surface area contributed by atoms with Gasteiger partial charge < -0.3 is 14.8 Å². The second-order valence-corrected chi connectivity index (χ2v) is 7.59. The topological polar surface area (TPSA) is 101 Å². The van der Waals surface area contributed by atoms with Crippen LogP contribution in [-0.2, 0) is 13.6 Å². The number of hydrogen-bond donors (Lipinski definition) is 3. The molecule has 1 aliphatic heterocycles. The Hall–Kier alpha value is -2.97. The molecule has 2 aromatic heterocycles. The van der Waals surface area contributed by atoms with E-state index >= 15 is 0 Å². The molecule has 0 aliphatic carbocycles. The number of hydrazine groups is 1. The summed E-state index contributed by atoms with van der Waals surface area (Å²) in [5, 5.41) is 4.96. The first-order valence-corrected chi connectivity index (χ1v) is 9.97. The minimum absolute atomic E-state index is 0.365. The summed E-state index contributed by atoms with van der Waals surface area (Å²) in [4.78, 5) is 22.3. The lowest BCUT2D eigenvalue weighted by molar-refractivity contribution is 0.0953. The fourth-order valence-electron chi connectivity index (χ4n) is 4.00. The third kappa shape index (κ3) is 4.23. The van der Waals surface area contributed by atoms with E-state index in [4.69, 9.17) is 5.84 Å². The van der Waals surface area contributed by atoms with E-state index in [0.717, 1.165) is 39.0 Å². The molecule has 0 atom stereocenters. The van der Waals surface area contributed by atoms with Crippen molar-refractivity contribution in [3.63, 3.8) is 0 Å². The van der Waals surface area contributed by atoms with Crippen LogP contribution in [0.3, 0.4) is 0 Å². The Morgan fingerprint density at radius 2 is 1.93 bits per heavy atom. The number of nitrogen functional groups attached to an aromatic ring is 1. The molecule has 29 heavy (non-hydrogen) atoms. The summed E-state index contributed by atoms with van der Waals surface area (Å²) in [5.74, 6) is 6.06. The van der Waals surface area contributed by atoms with Crippen LogP contribution in [0.2, 0.25) is 0 Å². The fourth-order valence-corrected chi connectivity index (χ4v) is 4.00. The molecule has 8 nitrogen and oxygen atoms in total. The minimum atomic E-state index is -0.382. The second-order valence-electron chi connectivity index (χ2n) is 7.59. The number of carbonyl (C=O) groups is 1. The highest BCUT2D eigenvalue weighted by atomic mass is 16.2. The maximum Gasteiger partial charge on any atom is 0.268 e. The Balaban J connectivity index is 1.26. The number of rotatable bonds is 6. The van der Waals surface area contributed by atoms with Crippen molar-refractivity contribution in [3.8, 4) is 0 Å². The van der Waals surface area contributed by atoms with E-state index in [1.807, 2.05) is 0 Å². The van der Waals surface area contributed by atoms with Crippen molar-refractivity contribution in [2.45, 2.75) is 19.4 Å². The number of piperidine rings is 1. The lowest BCUT2D eigenvalue weighted by atomic mass is 9.97. The summed E-state index contributed by atoms with van der Waals surface area (Å²) >= 11 is 0. The number of aromatic nitrogens is 3. The van der Waals surface area contributed by atoms with Crippen molar-refractivity contribution < 1.29 is 4.79 Å². The molecule has 152 valence electrons. The molecule has 0 radical (unpaired) electrons. The largest absolute Gasteiger partial charge is 0.350 e. The molecule has 0 saturated carbocycles. The number of benzene rings is 1. The van der Waals surface area contributed by atoms with Crippen LogP contribution in [0.25, 0.3) is 10.9 Å². The molecule has 3 aromatic rings. The van der Waals surface area contributed by atoms with E-state index in [1.54, 1.807) is 0 Å². The Morgan fingerprint density at radius 3 is 2.66 bits per heavy atom. The van der Waals surface area contributed by atoms with E-state index in [0.29, 0.717) is 17.4 Å². The quantitative estimate of drug-likeness (QED) is 0.334. The Labute approximate surface area is 170 Å². The molecule has 1 fully saturated rings. The van der Waals surface area contributed by atoms with Gasteiger partial charge in [-0.2, -0.15) is 0 Å². The van der Waals surface area contributed by atoms with Crippen LogP contribution < -0.4 is 21.5 Å². The lowest BCUT2D eigenvalue weighted by Gasteiger charge is -2.32. The Morgan fingerprint density at radius 1 is 1.21 bits per heavy atom. The van der Waals surface area contributed by atoms with Gasteiger partial charge in [-0.05, 0) is 36.9 Å². The lowest BCUT2D eigenvalue weighted by Crippen LogP contribution is -2.38. The van der Waals surface area contributed by atoms with Gasteiger partial charge in [0.2, 0.25) is 5.95 Å². The van der Waals surface area contributed by atoms with E-state index in [-0.39, 0.29) is 5.91 Å². The van der Waals surface area contributed by atoms with Gasteiger partial charge in [-0.15, -0.1) is 0 Å². The average molecular weight is 393 g/mol. The number of nitrogens with zero attached hydrogens (tertiary/aromatic N) is 4.